The van der Waals surface area contributed by atoms with Crippen molar-refractivity contribution in [1.29, 1.82) is 5.26 Å². The zero-order valence-electron chi connectivity index (χ0n) is 21.5. The number of hydrogen-bond acceptors (Lipinski definition) is 4. The van der Waals surface area contributed by atoms with Gasteiger partial charge in [-0.2, -0.15) is 5.26 Å². The first-order valence-electron chi connectivity index (χ1n) is 12.4. The predicted octanol–water partition coefficient (Wildman–Crippen LogP) is 3.96. The molecule has 3 rings (SSSR count). The number of hydrogen-bond donors (Lipinski definition) is 1. The van der Waals surface area contributed by atoms with Crippen molar-refractivity contribution in [2.75, 3.05) is 33.4 Å². The lowest BCUT2D eigenvalue weighted by Gasteiger charge is -2.31. The van der Waals surface area contributed by atoms with Gasteiger partial charge in [0.25, 0.3) is 5.91 Å². The van der Waals surface area contributed by atoms with Crippen LogP contribution in [0.4, 0.5) is 4.39 Å². The first-order valence-corrected chi connectivity index (χ1v) is 12.4. The van der Waals surface area contributed by atoms with Crippen LogP contribution in [0.3, 0.4) is 0 Å². The molecule has 7 nitrogen and oxygen atoms in total. The number of aromatic nitrogens is 1. The first kappa shape index (κ1) is 27.2. The van der Waals surface area contributed by atoms with Gasteiger partial charge < -0.3 is 19.5 Å². The minimum absolute atomic E-state index is 0.0768. The van der Waals surface area contributed by atoms with Gasteiger partial charge >= 0.3 is 0 Å². The van der Waals surface area contributed by atoms with Crippen molar-refractivity contribution < 1.29 is 18.7 Å². The van der Waals surface area contributed by atoms with Gasteiger partial charge in [0.1, 0.15) is 17.5 Å². The number of benzene rings is 1. The van der Waals surface area contributed by atoms with Crippen molar-refractivity contribution >= 4 is 17.9 Å². The zero-order valence-corrected chi connectivity index (χ0v) is 21.5. The summed E-state index contributed by atoms with van der Waals surface area (Å²) >= 11 is 0. The summed E-state index contributed by atoms with van der Waals surface area (Å²) in [6, 6.07) is 10.7. The number of nitrogens with one attached hydrogen (secondary N) is 1. The van der Waals surface area contributed by atoms with Crippen LogP contribution in [0.15, 0.2) is 35.9 Å². The average Bonchev–Trinajstić information content (AvgIpc) is 3.15. The number of nitriles is 1. The molecular weight excluding hydrogens is 459 g/mol. The fourth-order valence-corrected chi connectivity index (χ4v) is 4.92. The van der Waals surface area contributed by atoms with Crippen LogP contribution in [0.1, 0.15) is 48.3 Å². The lowest BCUT2D eigenvalue weighted by atomic mass is 9.95. The third-order valence-corrected chi connectivity index (χ3v) is 6.83. The summed E-state index contributed by atoms with van der Waals surface area (Å²) in [5.74, 6) is -0.866. The fourth-order valence-electron chi connectivity index (χ4n) is 4.92. The second-order valence-electron chi connectivity index (χ2n) is 9.37. The maximum absolute atomic E-state index is 13.7. The Hall–Kier alpha value is -3.44. The van der Waals surface area contributed by atoms with Crippen LogP contribution in [-0.2, 0) is 20.7 Å². The molecule has 1 aliphatic heterocycles. The van der Waals surface area contributed by atoms with Crippen molar-refractivity contribution in [3.63, 3.8) is 0 Å². The van der Waals surface area contributed by atoms with Crippen LogP contribution in [0.5, 0.6) is 0 Å². The fraction of sp³-hybridized carbons (Fsp3) is 0.464. The molecule has 1 fully saturated rings. The van der Waals surface area contributed by atoms with Gasteiger partial charge in [-0.05, 0) is 69.4 Å². The molecule has 2 amide bonds. The van der Waals surface area contributed by atoms with Crippen LogP contribution in [-0.4, -0.2) is 54.6 Å². The van der Waals surface area contributed by atoms with Gasteiger partial charge in [0.05, 0.1) is 12.6 Å². The Morgan fingerprint density at radius 2 is 1.97 bits per heavy atom. The van der Waals surface area contributed by atoms with E-state index < -0.39 is 0 Å². The molecule has 36 heavy (non-hydrogen) atoms. The Kier molecular flexibility index (Phi) is 9.43. The van der Waals surface area contributed by atoms with Gasteiger partial charge in [-0.3, -0.25) is 9.59 Å². The molecule has 2 aromatic rings. The van der Waals surface area contributed by atoms with Crippen molar-refractivity contribution in [1.82, 2.24) is 14.8 Å². The van der Waals surface area contributed by atoms with Gasteiger partial charge in [0, 0.05) is 44.0 Å². The SMILES string of the molecule is COCC(C)n1c(C)cc(/C=C(/C#N)C(=O)N2CCC(C(=O)NCCc3ccccc3F)CC2)c1C. The van der Waals surface area contributed by atoms with Gasteiger partial charge in [-0.15, -0.1) is 0 Å². The molecule has 1 aliphatic rings. The topological polar surface area (TPSA) is 87.4 Å². The molecule has 1 saturated heterocycles. The summed E-state index contributed by atoms with van der Waals surface area (Å²) in [5, 5.41) is 12.6. The highest BCUT2D eigenvalue weighted by molar-refractivity contribution is 6.02. The largest absolute Gasteiger partial charge is 0.383 e. The molecule has 0 saturated carbocycles. The summed E-state index contributed by atoms with van der Waals surface area (Å²) in [7, 11) is 1.66. The van der Waals surface area contributed by atoms with Gasteiger partial charge in [-0.1, -0.05) is 18.2 Å². The van der Waals surface area contributed by atoms with E-state index in [1.807, 2.05) is 19.9 Å². The van der Waals surface area contributed by atoms with Crippen LogP contribution < -0.4 is 5.32 Å². The van der Waals surface area contributed by atoms with Crippen molar-refractivity contribution in [3.8, 4) is 6.07 Å². The van der Waals surface area contributed by atoms with E-state index in [9.17, 15) is 19.2 Å². The quantitative estimate of drug-likeness (QED) is 0.422. The molecule has 1 aromatic carbocycles. The highest BCUT2D eigenvalue weighted by atomic mass is 19.1. The van der Waals surface area contributed by atoms with Crippen molar-refractivity contribution in [3.05, 3.63) is 64.2 Å². The molecule has 0 radical (unpaired) electrons. The predicted molar refractivity (Wildman–Crippen MR) is 137 cm³/mol. The second-order valence-corrected chi connectivity index (χ2v) is 9.37. The molecule has 8 heteroatoms. The highest BCUT2D eigenvalue weighted by Crippen LogP contribution is 2.24. The number of likely N-dealkylation sites (tertiary alicyclic amines) is 1. The Bertz CT molecular complexity index is 1160. The number of carbonyl (C=O) groups excluding carboxylic acids is 2. The molecule has 1 unspecified atom stereocenters. The summed E-state index contributed by atoms with van der Waals surface area (Å²) in [6.07, 6.45) is 3.14. The maximum Gasteiger partial charge on any atom is 0.264 e. The number of aryl methyl sites for hydroxylation is 1. The molecule has 0 bridgehead atoms. The maximum atomic E-state index is 13.7. The van der Waals surface area contributed by atoms with Crippen molar-refractivity contribution in [2.24, 2.45) is 5.92 Å². The van der Waals surface area contributed by atoms with Crippen LogP contribution in [0.2, 0.25) is 0 Å². The number of piperidine rings is 1. The number of carbonyl (C=O) groups is 2. The van der Waals surface area contributed by atoms with E-state index in [0.717, 1.165) is 17.0 Å². The second kappa shape index (κ2) is 12.5. The van der Waals surface area contributed by atoms with Crippen molar-refractivity contribution in [2.45, 2.75) is 46.1 Å². The van der Waals surface area contributed by atoms with E-state index in [-0.39, 0.29) is 35.2 Å². The average molecular weight is 495 g/mol. The normalized spacial score (nSPS) is 15.4. The molecule has 0 spiro atoms. The summed E-state index contributed by atoms with van der Waals surface area (Å²) in [6.45, 7) is 7.78. The standard InChI is InChI=1S/C28H35FN4O3/c1-19-15-24(21(3)33(19)20(2)18-36-4)16-25(17-30)28(35)32-13-10-23(11-14-32)27(34)31-12-9-22-7-5-6-8-26(22)29/h5-8,15-16,20,23H,9-14,18H2,1-4H3,(H,31,34)/b25-16-. The zero-order chi connectivity index (χ0) is 26.2. The number of rotatable bonds is 9. The molecule has 1 aromatic heterocycles. The minimum Gasteiger partial charge on any atom is -0.383 e. The highest BCUT2D eigenvalue weighted by Gasteiger charge is 2.29. The van der Waals surface area contributed by atoms with E-state index >= 15 is 0 Å². The third kappa shape index (κ3) is 6.41. The van der Waals surface area contributed by atoms with E-state index in [2.05, 4.69) is 22.9 Å². The number of nitrogens with zero attached hydrogens (tertiary/aromatic N) is 3. The van der Waals surface area contributed by atoms with Crippen LogP contribution >= 0.6 is 0 Å². The number of methoxy groups -OCH3 is 1. The number of ether oxygens (including phenoxy) is 1. The summed E-state index contributed by atoms with van der Waals surface area (Å²) in [4.78, 5) is 27.3. The molecule has 1 N–H and O–H groups in total. The monoisotopic (exact) mass is 494 g/mol. The Morgan fingerprint density at radius 1 is 1.28 bits per heavy atom. The van der Waals surface area contributed by atoms with Crippen LogP contribution in [0, 0.1) is 36.9 Å². The first-order chi connectivity index (χ1) is 17.3. The van der Waals surface area contributed by atoms with E-state index in [0.29, 0.717) is 51.1 Å². The van der Waals surface area contributed by atoms with E-state index in [4.69, 9.17) is 4.74 Å². The number of halogens is 1. The molecular formula is C28H35FN4O3. The number of amides is 2. The Balaban J connectivity index is 1.57. The molecule has 1 atom stereocenters. The van der Waals surface area contributed by atoms with Gasteiger partial charge in [0.15, 0.2) is 0 Å². The minimum atomic E-state index is -0.314. The lowest BCUT2D eigenvalue weighted by Crippen LogP contribution is -2.43. The van der Waals surface area contributed by atoms with Gasteiger partial charge in [-0.25, -0.2) is 4.39 Å². The molecule has 192 valence electrons. The van der Waals surface area contributed by atoms with Crippen LogP contribution in [0.25, 0.3) is 6.08 Å². The van der Waals surface area contributed by atoms with E-state index in [1.165, 1.54) is 6.07 Å². The molecule has 0 aliphatic carbocycles. The smallest absolute Gasteiger partial charge is 0.264 e. The summed E-state index contributed by atoms with van der Waals surface area (Å²) in [5.41, 5.74) is 3.51. The van der Waals surface area contributed by atoms with Gasteiger partial charge in [0.2, 0.25) is 5.91 Å². The Labute approximate surface area is 212 Å². The Morgan fingerprint density at radius 3 is 2.61 bits per heavy atom. The third-order valence-electron chi connectivity index (χ3n) is 6.83. The van der Waals surface area contributed by atoms with E-state index in [1.54, 1.807) is 36.3 Å². The molecule has 2 heterocycles. The summed E-state index contributed by atoms with van der Waals surface area (Å²) < 4.78 is 21.2. The lowest BCUT2D eigenvalue weighted by molar-refractivity contribution is -0.132.